The molecule has 0 saturated carbocycles. The number of carbonyl (C=O) groups is 1. The van der Waals surface area contributed by atoms with Crippen molar-refractivity contribution in [3.63, 3.8) is 0 Å². The summed E-state index contributed by atoms with van der Waals surface area (Å²) in [7, 11) is 0. The van der Waals surface area contributed by atoms with Gasteiger partial charge in [0, 0.05) is 12.2 Å². The van der Waals surface area contributed by atoms with Gasteiger partial charge in [-0.1, -0.05) is 62.6 Å². The van der Waals surface area contributed by atoms with Gasteiger partial charge in [0.1, 0.15) is 0 Å². The number of rotatable bonds is 15. The lowest BCUT2D eigenvalue weighted by Gasteiger charge is -2.03. The highest BCUT2D eigenvalue weighted by Gasteiger charge is 1.96. The van der Waals surface area contributed by atoms with E-state index in [0.29, 0.717) is 0 Å². The fourth-order valence-corrected chi connectivity index (χ4v) is 2.65. The Labute approximate surface area is 145 Å². The second kappa shape index (κ2) is 17.4. The van der Waals surface area contributed by atoms with Gasteiger partial charge in [0.25, 0.3) is 0 Å². The zero-order valence-corrected chi connectivity index (χ0v) is 15.1. The molecule has 0 aliphatic heterocycles. The van der Waals surface area contributed by atoms with E-state index < -0.39 is 5.97 Å². The number of thioether (sulfide) groups is 1. The van der Waals surface area contributed by atoms with Crippen LogP contribution in [0.2, 0.25) is 0 Å². The Balaban J connectivity index is 3.43. The number of aliphatic hydroxyl groups is 1. The Morgan fingerprint density at radius 2 is 1.87 bits per heavy atom. The highest BCUT2D eigenvalue weighted by Crippen LogP contribution is 2.06. The van der Waals surface area contributed by atoms with Gasteiger partial charge in [0.05, 0.1) is 6.10 Å². The van der Waals surface area contributed by atoms with Gasteiger partial charge in [-0.05, 0) is 31.4 Å². The van der Waals surface area contributed by atoms with Crippen LogP contribution in [0, 0.1) is 0 Å². The number of carboxylic acid groups (broad SMARTS) is 1. The monoisotopic (exact) mass is 340 g/mol. The Kier molecular flexibility index (Phi) is 16.6. The molecular formula is C19H32O3S. The Hall–Kier alpha value is -1.00. The van der Waals surface area contributed by atoms with Gasteiger partial charge in [0.2, 0.25) is 0 Å². The van der Waals surface area contributed by atoms with Crippen molar-refractivity contribution in [2.24, 2.45) is 0 Å². The lowest BCUT2D eigenvalue weighted by atomic mass is 10.1. The van der Waals surface area contributed by atoms with Crippen LogP contribution in [0.1, 0.15) is 58.3 Å². The minimum atomic E-state index is -0.719. The summed E-state index contributed by atoms with van der Waals surface area (Å²) in [6, 6.07) is 0. The van der Waals surface area contributed by atoms with Crippen LogP contribution in [0.25, 0.3) is 0 Å². The summed E-state index contributed by atoms with van der Waals surface area (Å²) < 4.78 is 0. The van der Waals surface area contributed by atoms with E-state index in [4.69, 9.17) is 5.11 Å². The van der Waals surface area contributed by atoms with Gasteiger partial charge in [-0.25, -0.2) is 0 Å². The van der Waals surface area contributed by atoms with Gasteiger partial charge >= 0.3 is 5.97 Å². The summed E-state index contributed by atoms with van der Waals surface area (Å²) >= 11 is 1.87. The summed E-state index contributed by atoms with van der Waals surface area (Å²) in [5.74, 6) is 1.33. The molecule has 0 radical (unpaired) electrons. The Bertz CT molecular complexity index is 362. The topological polar surface area (TPSA) is 57.5 Å². The Morgan fingerprint density at radius 1 is 1.09 bits per heavy atom. The van der Waals surface area contributed by atoms with Crippen molar-refractivity contribution in [2.75, 3.05) is 11.5 Å². The minimum absolute atomic E-state index is 0.255. The first kappa shape index (κ1) is 22.0. The molecule has 23 heavy (non-hydrogen) atoms. The molecular weight excluding hydrogens is 308 g/mol. The predicted octanol–water partition coefficient (Wildman–Crippen LogP) is 4.97. The molecule has 0 aromatic rings. The summed E-state index contributed by atoms with van der Waals surface area (Å²) in [5.41, 5.74) is 0. The quantitative estimate of drug-likeness (QED) is 0.251. The summed E-state index contributed by atoms with van der Waals surface area (Å²) in [6.45, 7) is 2.16. The smallest absolute Gasteiger partial charge is 0.303 e. The molecule has 0 fully saturated rings. The number of allylic oxidation sites excluding steroid dienone is 4. The summed E-state index contributed by atoms with van der Waals surface area (Å²) in [5, 5.41) is 18.2. The molecule has 1 atom stereocenters. The van der Waals surface area contributed by atoms with Gasteiger partial charge in [-0.3, -0.25) is 4.79 Å². The van der Waals surface area contributed by atoms with E-state index in [1.54, 1.807) is 0 Å². The zero-order valence-electron chi connectivity index (χ0n) is 14.3. The number of aliphatic hydroxyl groups excluding tert-OH is 1. The zero-order chi connectivity index (χ0) is 17.2. The van der Waals surface area contributed by atoms with Crippen LogP contribution in [0.4, 0.5) is 0 Å². The van der Waals surface area contributed by atoms with E-state index in [1.807, 2.05) is 30.0 Å². The average Bonchev–Trinajstić information content (AvgIpc) is 2.51. The largest absolute Gasteiger partial charge is 0.481 e. The Morgan fingerprint density at radius 3 is 2.61 bits per heavy atom. The van der Waals surface area contributed by atoms with Crippen LogP contribution in [0.15, 0.2) is 36.5 Å². The molecule has 1 unspecified atom stereocenters. The van der Waals surface area contributed by atoms with E-state index in [9.17, 15) is 9.90 Å². The maximum absolute atomic E-state index is 10.3. The number of hydrogen-bond donors (Lipinski definition) is 2. The third kappa shape index (κ3) is 19.0. The lowest BCUT2D eigenvalue weighted by Crippen LogP contribution is -2.00. The van der Waals surface area contributed by atoms with Crippen LogP contribution in [-0.2, 0) is 4.79 Å². The molecule has 0 bridgehead atoms. The fraction of sp³-hybridized carbons (Fsp3) is 0.632. The molecule has 0 aliphatic carbocycles. The number of carboxylic acids is 1. The van der Waals surface area contributed by atoms with E-state index in [2.05, 4.69) is 25.2 Å². The first-order valence-corrected chi connectivity index (χ1v) is 9.78. The number of unbranched alkanes of at least 4 members (excludes halogenated alkanes) is 3. The van der Waals surface area contributed by atoms with Crippen LogP contribution < -0.4 is 0 Å². The molecule has 132 valence electrons. The van der Waals surface area contributed by atoms with E-state index in [0.717, 1.165) is 43.6 Å². The highest BCUT2D eigenvalue weighted by atomic mass is 32.2. The molecule has 0 saturated heterocycles. The molecule has 0 amide bonds. The van der Waals surface area contributed by atoms with Crippen LogP contribution in [-0.4, -0.2) is 33.8 Å². The second-order valence-electron chi connectivity index (χ2n) is 5.50. The van der Waals surface area contributed by atoms with E-state index in [-0.39, 0.29) is 12.5 Å². The minimum Gasteiger partial charge on any atom is -0.481 e. The standard InChI is InChI=1S/C19H32O3S/c1-2-3-8-13-18(20)14-9-7-12-17-23-16-11-6-4-5-10-15-19(21)22/h4,6-7,9,12,14,18,20H,2-3,5,8,10-11,13,15-17H2,1H3,(H,21,22)/b6-4-,12-7-,14-9+. The van der Waals surface area contributed by atoms with Gasteiger partial charge in [-0.2, -0.15) is 11.8 Å². The molecule has 3 nitrogen and oxygen atoms in total. The summed E-state index contributed by atoms with van der Waals surface area (Å²) in [4.78, 5) is 10.3. The van der Waals surface area contributed by atoms with Gasteiger partial charge < -0.3 is 10.2 Å². The maximum atomic E-state index is 10.3. The van der Waals surface area contributed by atoms with Crippen LogP contribution >= 0.6 is 11.8 Å². The lowest BCUT2D eigenvalue weighted by molar-refractivity contribution is -0.137. The normalized spacial score (nSPS) is 13.5. The van der Waals surface area contributed by atoms with E-state index in [1.165, 1.54) is 12.8 Å². The van der Waals surface area contributed by atoms with Crippen molar-refractivity contribution in [1.82, 2.24) is 0 Å². The molecule has 4 heteroatoms. The SMILES string of the molecule is CCCCCC(O)/C=C/C=C\CSCC/C=C\CCCC(=O)O. The van der Waals surface area contributed by atoms with Gasteiger partial charge in [0.15, 0.2) is 0 Å². The van der Waals surface area contributed by atoms with E-state index >= 15 is 0 Å². The highest BCUT2D eigenvalue weighted by molar-refractivity contribution is 7.99. The third-order valence-corrected chi connectivity index (χ3v) is 4.21. The van der Waals surface area contributed by atoms with Crippen LogP contribution in [0.5, 0.6) is 0 Å². The number of hydrogen-bond acceptors (Lipinski definition) is 3. The molecule has 2 N–H and O–H groups in total. The third-order valence-electron chi connectivity index (χ3n) is 3.25. The van der Waals surface area contributed by atoms with Crippen molar-refractivity contribution in [2.45, 2.75) is 64.4 Å². The average molecular weight is 341 g/mol. The van der Waals surface area contributed by atoms with Crippen molar-refractivity contribution in [1.29, 1.82) is 0 Å². The fourth-order valence-electron chi connectivity index (χ4n) is 1.94. The molecule has 0 aromatic heterocycles. The number of aliphatic carboxylic acids is 1. The predicted molar refractivity (Wildman–Crippen MR) is 101 cm³/mol. The second-order valence-corrected chi connectivity index (χ2v) is 6.65. The van der Waals surface area contributed by atoms with Crippen molar-refractivity contribution >= 4 is 17.7 Å². The van der Waals surface area contributed by atoms with Crippen LogP contribution in [0.3, 0.4) is 0 Å². The molecule has 0 aliphatic rings. The molecule has 0 spiro atoms. The molecule has 0 rings (SSSR count). The van der Waals surface area contributed by atoms with Crippen molar-refractivity contribution in [3.8, 4) is 0 Å². The molecule has 0 aromatic carbocycles. The van der Waals surface area contributed by atoms with Crippen molar-refractivity contribution in [3.05, 3.63) is 36.5 Å². The summed E-state index contributed by atoms with van der Waals surface area (Å²) in [6.07, 6.45) is 18.9. The first-order chi connectivity index (χ1) is 11.2. The van der Waals surface area contributed by atoms with Gasteiger partial charge in [-0.15, -0.1) is 0 Å². The van der Waals surface area contributed by atoms with Crippen molar-refractivity contribution < 1.29 is 15.0 Å². The maximum Gasteiger partial charge on any atom is 0.303 e. The molecule has 0 heterocycles. The first-order valence-electron chi connectivity index (χ1n) is 8.62.